The van der Waals surface area contributed by atoms with Crippen molar-refractivity contribution in [3.05, 3.63) is 77.6 Å². The fourth-order valence-corrected chi connectivity index (χ4v) is 4.32. The summed E-state index contributed by atoms with van der Waals surface area (Å²) in [6.07, 6.45) is -3.09. The molecule has 1 saturated heterocycles. The molecule has 3 aromatic carbocycles. The van der Waals surface area contributed by atoms with E-state index in [9.17, 15) is 30.7 Å². The molecule has 0 N–H and O–H groups in total. The summed E-state index contributed by atoms with van der Waals surface area (Å²) in [5, 5.41) is 0. The van der Waals surface area contributed by atoms with Gasteiger partial charge in [0, 0.05) is 5.56 Å². The Bertz CT molecular complexity index is 1200. The topological polar surface area (TPSA) is 18.5 Å². The van der Waals surface area contributed by atoms with E-state index in [0.717, 1.165) is 37.1 Å². The van der Waals surface area contributed by atoms with Crippen molar-refractivity contribution in [3.63, 3.8) is 0 Å². The van der Waals surface area contributed by atoms with E-state index in [4.69, 9.17) is 4.74 Å². The van der Waals surface area contributed by atoms with Gasteiger partial charge in [0.25, 0.3) is 0 Å². The van der Waals surface area contributed by atoms with Gasteiger partial charge in [-0.05, 0) is 66.1 Å². The minimum atomic E-state index is -3.85. The maximum atomic E-state index is 14.8. The summed E-state index contributed by atoms with van der Waals surface area (Å²) >= 11 is 0. The van der Waals surface area contributed by atoms with E-state index in [1.807, 2.05) is 6.92 Å². The smallest absolute Gasteiger partial charge is 0.424 e. The maximum Gasteiger partial charge on any atom is 0.424 e. The zero-order valence-corrected chi connectivity index (χ0v) is 19.3. The van der Waals surface area contributed by atoms with Crippen LogP contribution in [0.3, 0.4) is 0 Å². The molecule has 9 heteroatoms. The number of benzene rings is 3. The molecule has 1 aliphatic rings. The number of ether oxygens (including phenoxy) is 2. The van der Waals surface area contributed by atoms with E-state index in [2.05, 4.69) is 4.74 Å². The van der Waals surface area contributed by atoms with Crippen LogP contribution in [-0.4, -0.2) is 18.8 Å². The molecule has 0 bridgehead atoms. The van der Waals surface area contributed by atoms with Crippen LogP contribution in [0.2, 0.25) is 0 Å². The van der Waals surface area contributed by atoms with Crippen LogP contribution in [0.15, 0.2) is 48.5 Å². The summed E-state index contributed by atoms with van der Waals surface area (Å²) in [5.41, 5.74) is 0.281. The number of hydrogen-bond donors (Lipinski definition) is 0. The molecule has 2 unspecified atom stereocenters. The highest BCUT2D eigenvalue weighted by molar-refractivity contribution is 5.71. The molecule has 4 rings (SSSR count). The van der Waals surface area contributed by atoms with Crippen LogP contribution in [0.1, 0.15) is 32.6 Å². The SMILES string of the molecule is CCCC1CCC(C(F)(F)Oc2ccc(-c3ccc(-c4cc(F)c(F)c(F)c4)cc3)c(F)c2F)OC1. The van der Waals surface area contributed by atoms with Gasteiger partial charge in [0.2, 0.25) is 5.82 Å². The lowest BCUT2D eigenvalue weighted by Crippen LogP contribution is -2.44. The molecule has 0 aliphatic carbocycles. The highest BCUT2D eigenvalue weighted by atomic mass is 19.3. The number of halogens is 7. The van der Waals surface area contributed by atoms with Crippen LogP contribution in [0, 0.1) is 35.0 Å². The van der Waals surface area contributed by atoms with Crippen LogP contribution in [0.5, 0.6) is 5.75 Å². The summed E-state index contributed by atoms with van der Waals surface area (Å²) in [4.78, 5) is 0. The van der Waals surface area contributed by atoms with E-state index in [1.54, 1.807) is 0 Å². The lowest BCUT2D eigenvalue weighted by Gasteiger charge is -2.33. The van der Waals surface area contributed by atoms with Crippen LogP contribution in [-0.2, 0) is 4.74 Å². The molecule has 0 saturated carbocycles. The van der Waals surface area contributed by atoms with Gasteiger partial charge in [0.05, 0.1) is 6.61 Å². The van der Waals surface area contributed by atoms with Gasteiger partial charge in [-0.2, -0.15) is 13.2 Å². The molecule has 36 heavy (non-hydrogen) atoms. The Morgan fingerprint density at radius 2 is 1.44 bits per heavy atom. The van der Waals surface area contributed by atoms with Crippen LogP contribution in [0.4, 0.5) is 30.7 Å². The van der Waals surface area contributed by atoms with Gasteiger partial charge in [-0.15, -0.1) is 0 Å². The molecule has 2 atom stereocenters. The first-order chi connectivity index (χ1) is 17.1. The minimum absolute atomic E-state index is 0.0358. The molecule has 0 radical (unpaired) electrons. The van der Waals surface area contributed by atoms with Crippen LogP contribution < -0.4 is 4.74 Å². The van der Waals surface area contributed by atoms with Gasteiger partial charge >= 0.3 is 6.11 Å². The molecule has 0 aromatic heterocycles. The van der Waals surface area contributed by atoms with Crippen molar-refractivity contribution < 1.29 is 40.2 Å². The van der Waals surface area contributed by atoms with Gasteiger partial charge in [0.1, 0.15) is 0 Å². The summed E-state index contributed by atoms with van der Waals surface area (Å²) in [7, 11) is 0. The van der Waals surface area contributed by atoms with Crippen molar-refractivity contribution >= 4 is 0 Å². The summed E-state index contributed by atoms with van der Waals surface area (Å²) in [6.45, 7) is 2.15. The summed E-state index contributed by atoms with van der Waals surface area (Å²) in [6, 6.07) is 9.07. The third-order valence-electron chi connectivity index (χ3n) is 6.25. The summed E-state index contributed by atoms with van der Waals surface area (Å²) in [5.74, 6) is -8.09. The third-order valence-corrected chi connectivity index (χ3v) is 6.25. The highest BCUT2D eigenvalue weighted by Crippen LogP contribution is 2.37. The van der Waals surface area contributed by atoms with Crippen molar-refractivity contribution in [2.45, 2.75) is 44.8 Å². The lowest BCUT2D eigenvalue weighted by molar-refractivity contribution is -0.265. The van der Waals surface area contributed by atoms with E-state index in [-0.39, 0.29) is 35.6 Å². The van der Waals surface area contributed by atoms with Crippen LogP contribution >= 0.6 is 0 Å². The zero-order chi connectivity index (χ0) is 26.0. The second kappa shape index (κ2) is 10.5. The van der Waals surface area contributed by atoms with Gasteiger partial charge in [-0.1, -0.05) is 37.6 Å². The Kier molecular flexibility index (Phi) is 7.59. The van der Waals surface area contributed by atoms with Gasteiger partial charge < -0.3 is 9.47 Å². The number of hydrogen-bond acceptors (Lipinski definition) is 2. The molecule has 0 amide bonds. The van der Waals surface area contributed by atoms with Crippen molar-refractivity contribution in [1.29, 1.82) is 0 Å². The Morgan fingerprint density at radius 3 is 2.03 bits per heavy atom. The molecule has 1 heterocycles. The van der Waals surface area contributed by atoms with Crippen LogP contribution in [0.25, 0.3) is 22.3 Å². The minimum Gasteiger partial charge on any atom is -0.427 e. The Hall–Kier alpha value is -3.07. The average molecular weight is 512 g/mol. The first-order valence-electron chi connectivity index (χ1n) is 11.5. The van der Waals surface area contributed by atoms with Gasteiger partial charge in [0.15, 0.2) is 35.1 Å². The average Bonchev–Trinajstić information content (AvgIpc) is 2.86. The molecular formula is C27H23F7O2. The molecule has 1 aliphatic heterocycles. The van der Waals surface area contributed by atoms with E-state index >= 15 is 0 Å². The van der Waals surface area contributed by atoms with Crippen molar-refractivity contribution in [3.8, 4) is 28.0 Å². The molecule has 0 spiro atoms. The van der Waals surface area contributed by atoms with Crippen molar-refractivity contribution in [2.75, 3.05) is 6.61 Å². The van der Waals surface area contributed by atoms with E-state index < -0.39 is 47.0 Å². The molecule has 3 aromatic rings. The number of alkyl halides is 2. The second-order valence-electron chi connectivity index (χ2n) is 8.79. The first kappa shape index (κ1) is 26.0. The van der Waals surface area contributed by atoms with Crippen molar-refractivity contribution in [2.24, 2.45) is 5.92 Å². The third kappa shape index (κ3) is 5.36. The standard InChI is InChI=1S/C27H23F7O2/c1-2-3-15-4-11-23(35-14-15)27(33,34)36-22-10-9-19(24(30)26(22)32)17-7-5-16(6-8-17)18-12-20(28)25(31)21(29)13-18/h5-10,12-13,15,23H,2-4,11,14H2,1H3. The van der Waals surface area contributed by atoms with E-state index in [1.165, 1.54) is 24.3 Å². The molecule has 2 nitrogen and oxygen atoms in total. The van der Waals surface area contributed by atoms with Crippen molar-refractivity contribution in [1.82, 2.24) is 0 Å². The highest BCUT2D eigenvalue weighted by Gasteiger charge is 2.46. The normalized spacial score (nSPS) is 18.3. The second-order valence-corrected chi connectivity index (χ2v) is 8.79. The Labute approximate surface area is 203 Å². The predicted molar refractivity (Wildman–Crippen MR) is 120 cm³/mol. The Balaban J connectivity index is 1.51. The van der Waals surface area contributed by atoms with Gasteiger partial charge in [-0.3, -0.25) is 0 Å². The molecule has 1 fully saturated rings. The van der Waals surface area contributed by atoms with E-state index in [0.29, 0.717) is 12.0 Å². The largest absolute Gasteiger partial charge is 0.427 e. The Morgan fingerprint density at radius 1 is 0.806 bits per heavy atom. The molecule has 192 valence electrons. The fraction of sp³-hybridized carbons (Fsp3) is 0.333. The first-order valence-corrected chi connectivity index (χ1v) is 11.5. The lowest BCUT2D eigenvalue weighted by atomic mass is 9.94. The molecular weight excluding hydrogens is 489 g/mol. The maximum absolute atomic E-state index is 14.8. The monoisotopic (exact) mass is 512 g/mol. The zero-order valence-electron chi connectivity index (χ0n) is 19.3. The van der Waals surface area contributed by atoms with Gasteiger partial charge in [-0.25, -0.2) is 17.6 Å². The predicted octanol–water partition coefficient (Wildman–Crippen LogP) is 8.28. The fourth-order valence-electron chi connectivity index (χ4n) is 4.32. The summed E-state index contributed by atoms with van der Waals surface area (Å²) < 4.78 is 109. The quantitative estimate of drug-likeness (QED) is 0.234. The number of rotatable bonds is 7.